The highest BCUT2D eigenvalue weighted by Crippen LogP contribution is 2.38. The van der Waals surface area contributed by atoms with Crippen molar-refractivity contribution in [1.29, 1.82) is 0 Å². The fourth-order valence-electron chi connectivity index (χ4n) is 5.66. The van der Waals surface area contributed by atoms with Crippen LogP contribution in [0.3, 0.4) is 0 Å². The van der Waals surface area contributed by atoms with Crippen LogP contribution in [0.25, 0.3) is 55.2 Å². The summed E-state index contributed by atoms with van der Waals surface area (Å²) >= 11 is 0. The number of aromatic nitrogens is 2. The van der Waals surface area contributed by atoms with E-state index >= 15 is 0 Å². The van der Waals surface area contributed by atoms with Crippen LogP contribution < -0.4 is 4.90 Å². The summed E-state index contributed by atoms with van der Waals surface area (Å²) in [6.45, 7) is 0. The summed E-state index contributed by atoms with van der Waals surface area (Å²) in [5.74, 6) is 0. The Morgan fingerprint density at radius 1 is 0.429 bits per heavy atom. The van der Waals surface area contributed by atoms with E-state index in [1.807, 2.05) is 42.7 Å². The monoisotopic (exact) mass is 539 g/mol. The molecule has 0 aliphatic rings. The molecule has 0 spiro atoms. The first-order valence-corrected chi connectivity index (χ1v) is 14.0. The second-order valence-electron chi connectivity index (χ2n) is 10.4. The third kappa shape index (κ3) is 4.27. The van der Waals surface area contributed by atoms with Crippen molar-refractivity contribution in [2.45, 2.75) is 0 Å². The van der Waals surface area contributed by atoms with E-state index in [1.165, 1.54) is 5.39 Å². The van der Waals surface area contributed by atoms with Gasteiger partial charge in [-0.1, -0.05) is 84.9 Å². The molecule has 4 heteroatoms. The van der Waals surface area contributed by atoms with Crippen molar-refractivity contribution in [1.82, 2.24) is 9.97 Å². The smallest absolute Gasteiger partial charge is 0.153 e. The Bertz CT molecular complexity index is 2220. The summed E-state index contributed by atoms with van der Waals surface area (Å²) in [5.41, 5.74) is 8.78. The molecule has 0 saturated heterocycles. The second kappa shape index (κ2) is 10.0. The van der Waals surface area contributed by atoms with Crippen molar-refractivity contribution in [3.8, 4) is 22.5 Å². The number of fused-ring (bicyclic) bond motifs is 4. The third-order valence-electron chi connectivity index (χ3n) is 7.71. The number of hydrogen-bond acceptors (Lipinski definition) is 4. The summed E-state index contributed by atoms with van der Waals surface area (Å²) in [6, 6.07) is 48.3. The van der Waals surface area contributed by atoms with Gasteiger partial charge < -0.3 is 9.32 Å². The summed E-state index contributed by atoms with van der Waals surface area (Å²) < 4.78 is 6.02. The summed E-state index contributed by atoms with van der Waals surface area (Å²) in [7, 11) is 0. The fourth-order valence-corrected chi connectivity index (χ4v) is 5.66. The van der Waals surface area contributed by atoms with Gasteiger partial charge in [-0.05, 0) is 60.0 Å². The lowest BCUT2D eigenvalue weighted by Gasteiger charge is -2.26. The van der Waals surface area contributed by atoms with Gasteiger partial charge in [-0.3, -0.25) is 9.97 Å². The van der Waals surface area contributed by atoms with Gasteiger partial charge in [0.15, 0.2) is 5.58 Å². The minimum atomic E-state index is 0.793. The van der Waals surface area contributed by atoms with E-state index in [9.17, 15) is 0 Å². The van der Waals surface area contributed by atoms with E-state index in [4.69, 9.17) is 14.4 Å². The normalized spacial score (nSPS) is 11.3. The van der Waals surface area contributed by atoms with Gasteiger partial charge in [-0.25, -0.2) is 0 Å². The van der Waals surface area contributed by atoms with Crippen molar-refractivity contribution in [3.63, 3.8) is 0 Å². The molecule has 0 N–H and O–H groups in total. The first-order chi connectivity index (χ1) is 20.8. The molecule has 0 amide bonds. The Labute approximate surface area is 243 Å². The maximum atomic E-state index is 6.02. The van der Waals surface area contributed by atoms with E-state index in [0.29, 0.717) is 0 Å². The number of para-hydroxylation sites is 2. The van der Waals surface area contributed by atoms with E-state index in [0.717, 1.165) is 66.9 Å². The van der Waals surface area contributed by atoms with Crippen LogP contribution in [-0.2, 0) is 0 Å². The standard InChI is InChI=1S/C38H25N3O/c1-2-14-30(15-3-1)41(31-16-8-12-27(20-31)35-22-26-10-4-5-11-29(26)24-39-35)32-17-9-13-28(21-32)36-23-34-33-18-6-7-19-37(33)42-38(34)25-40-36/h1-25H. The number of nitrogens with zero attached hydrogens (tertiary/aromatic N) is 3. The Hall–Kier alpha value is -5.74. The average molecular weight is 540 g/mol. The average Bonchev–Trinajstić information content (AvgIpc) is 3.43. The highest BCUT2D eigenvalue weighted by atomic mass is 16.3. The molecule has 0 radical (unpaired) electrons. The van der Waals surface area contributed by atoms with Crippen molar-refractivity contribution in [2.24, 2.45) is 0 Å². The molecule has 0 atom stereocenters. The highest BCUT2D eigenvalue weighted by molar-refractivity contribution is 6.05. The van der Waals surface area contributed by atoms with Crippen LogP contribution in [0.4, 0.5) is 17.1 Å². The van der Waals surface area contributed by atoms with Crippen LogP contribution >= 0.6 is 0 Å². The molecule has 0 fully saturated rings. The summed E-state index contributed by atoms with van der Waals surface area (Å²) in [6.07, 6.45) is 3.77. The molecular weight excluding hydrogens is 514 g/mol. The SMILES string of the molecule is c1ccc(N(c2cccc(-c3cc4ccccc4cn3)c2)c2cccc(-c3cc4c(cn3)oc3ccccc34)c2)cc1. The lowest BCUT2D eigenvalue weighted by molar-refractivity contribution is 0.667. The van der Waals surface area contributed by atoms with Gasteiger partial charge in [0.25, 0.3) is 0 Å². The summed E-state index contributed by atoms with van der Waals surface area (Å²) in [5, 5.41) is 4.47. The lowest BCUT2D eigenvalue weighted by atomic mass is 10.0. The van der Waals surface area contributed by atoms with Gasteiger partial charge in [0.2, 0.25) is 0 Å². The van der Waals surface area contributed by atoms with E-state index in [2.05, 4.69) is 114 Å². The molecule has 3 heterocycles. The van der Waals surface area contributed by atoms with Crippen molar-refractivity contribution >= 4 is 49.8 Å². The third-order valence-corrected chi connectivity index (χ3v) is 7.71. The molecule has 42 heavy (non-hydrogen) atoms. The Balaban J connectivity index is 1.24. The highest BCUT2D eigenvalue weighted by Gasteiger charge is 2.16. The first kappa shape index (κ1) is 24.1. The van der Waals surface area contributed by atoms with E-state index in [1.54, 1.807) is 0 Å². The minimum Gasteiger partial charge on any atom is -0.454 e. The maximum Gasteiger partial charge on any atom is 0.153 e. The number of hydrogen-bond donors (Lipinski definition) is 0. The molecule has 3 aromatic heterocycles. The minimum absolute atomic E-state index is 0.793. The zero-order chi connectivity index (χ0) is 27.9. The quantitative estimate of drug-likeness (QED) is 0.218. The number of pyridine rings is 2. The fraction of sp³-hybridized carbons (Fsp3) is 0. The van der Waals surface area contributed by atoms with Gasteiger partial charge in [0.05, 0.1) is 17.6 Å². The van der Waals surface area contributed by atoms with Crippen molar-refractivity contribution < 1.29 is 4.42 Å². The van der Waals surface area contributed by atoms with Gasteiger partial charge >= 0.3 is 0 Å². The molecule has 8 aromatic rings. The molecule has 5 aromatic carbocycles. The number of rotatable bonds is 5. The predicted octanol–water partition coefficient (Wildman–Crippen LogP) is 10.3. The molecule has 0 saturated carbocycles. The van der Waals surface area contributed by atoms with Gasteiger partial charge in [0.1, 0.15) is 5.58 Å². The first-order valence-electron chi connectivity index (χ1n) is 14.0. The Morgan fingerprint density at radius 2 is 1.05 bits per heavy atom. The van der Waals surface area contributed by atoms with Crippen LogP contribution in [0.2, 0.25) is 0 Å². The number of anilines is 3. The van der Waals surface area contributed by atoms with Crippen LogP contribution in [0.1, 0.15) is 0 Å². The molecular formula is C38H25N3O. The maximum absolute atomic E-state index is 6.02. The second-order valence-corrected chi connectivity index (χ2v) is 10.4. The zero-order valence-electron chi connectivity index (χ0n) is 22.7. The molecule has 4 nitrogen and oxygen atoms in total. The molecule has 0 unspecified atom stereocenters. The topological polar surface area (TPSA) is 42.2 Å². The lowest BCUT2D eigenvalue weighted by Crippen LogP contribution is -2.10. The van der Waals surface area contributed by atoms with Gasteiger partial charge in [-0.15, -0.1) is 0 Å². The van der Waals surface area contributed by atoms with Crippen LogP contribution in [0, 0.1) is 0 Å². The molecule has 0 bridgehead atoms. The predicted molar refractivity (Wildman–Crippen MR) is 172 cm³/mol. The van der Waals surface area contributed by atoms with Crippen LogP contribution in [0.5, 0.6) is 0 Å². The number of furan rings is 1. The molecule has 0 aliphatic heterocycles. The molecule has 8 rings (SSSR count). The van der Waals surface area contributed by atoms with E-state index in [-0.39, 0.29) is 0 Å². The number of benzene rings is 5. The molecule has 198 valence electrons. The molecule has 0 aliphatic carbocycles. The van der Waals surface area contributed by atoms with E-state index < -0.39 is 0 Å². The van der Waals surface area contributed by atoms with Crippen LogP contribution in [0.15, 0.2) is 156 Å². The zero-order valence-corrected chi connectivity index (χ0v) is 22.7. The Kier molecular flexibility index (Phi) is 5.75. The Morgan fingerprint density at radius 3 is 1.83 bits per heavy atom. The van der Waals surface area contributed by atoms with Gasteiger partial charge in [0, 0.05) is 50.5 Å². The summed E-state index contributed by atoms with van der Waals surface area (Å²) in [4.78, 5) is 11.8. The van der Waals surface area contributed by atoms with Crippen molar-refractivity contribution in [3.05, 3.63) is 152 Å². The largest absolute Gasteiger partial charge is 0.454 e. The van der Waals surface area contributed by atoms with Crippen LogP contribution in [-0.4, -0.2) is 9.97 Å². The van der Waals surface area contributed by atoms with Crippen molar-refractivity contribution in [2.75, 3.05) is 4.90 Å². The van der Waals surface area contributed by atoms with Gasteiger partial charge in [-0.2, -0.15) is 0 Å².